The molecule has 5 nitrogen and oxygen atoms in total. The van der Waals surface area contributed by atoms with E-state index in [2.05, 4.69) is 9.80 Å². The Labute approximate surface area is 183 Å². The van der Waals surface area contributed by atoms with E-state index in [1.807, 2.05) is 48.5 Å². The molecule has 7 heteroatoms. The van der Waals surface area contributed by atoms with E-state index < -0.39 is 10.8 Å². The van der Waals surface area contributed by atoms with Crippen LogP contribution in [0.25, 0.3) is 0 Å². The van der Waals surface area contributed by atoms with Crippen LogP contribution in [-0.2, 0) is 15.6 Å². The number of para-hydroxylation sites is 2. The highest BCUT2D eigenvalue weighted by atomic mass is 32.2. The van der Waals surface area contributed by atoms with Crippen molar-refractivity contribution < 1.29 is 13.4 Å². The zero-order valence-corrected chi connectivity index (χ0v) is 17.7. The monoisotopic (exact) mass is 435 g/mol. The Morgan fingerprint density at radius 3 is 1.94 bits per heavy atom. The van der Waals surface area contributed by atoms with Crippen LogP contribution in [0.2, 0.25) is 0 Å². The number of rotatable bonds is 3. The third-order valence-corrected chi connectivity index (χ3v) is 7.27. The largest absolute Gasteiger partial charge is 0.369 e. The number of piperazine rings is 1. The molecule has 0 unspecified atom stereocenters. The van der Waals surface area contributed by atoms with Crippen molar-refractivity contribution in [3.8, 4) is 0 Å². The van der Waals surface area contributed by atoms with Crippen molar-refractivity contribution in [1.29, 1.82) is 0 Å². The minimum absolute atomic E-state index is 0.0353. The Balaban J connectivity index is 1.33. The smallest absolute Gasteiger partial charge is 0.245 e. The zero-order chi connectivity index (χ0) is 21.4. The summed E-state index contributed by atoms with van der Waals surface area (Å²) in [7, 11) is -1.30. The molecular weight excluding hydrogens is 413 g/mol. The number of carbonyl (C=O) groups is 1. The van der Waals surface area contributed by atoms with Gasteiger partial charge in [-0.15, -0.1) is 0 Å². The number of hydrogen-bond acceptors (Lipinski definition) is 4. The predicted octanol–water partition coefficient (Wildman–Crippen LogP) is 3.79. The van der Waals surface area contributed by atoms with Gasteiger partial charge in [0.05, 0.1) is 38.5 Å². The third kappa shape index (κ3) is 3.75. The summed E-state index contributed by atoms with van der Waals surface area (Å²) >= 11 is 0. The first kappa shape index (κ1) is 19.9. The van der Waals surface area contributed by atoms with Crippen molar-refractivity contribution in [2.45, 2.75) is 9.79 Å². The molecule has 2 aliphatic rings. The molecule has 2 aliphatic heterocycles. The lowest BCUT2D eigenvalue weighted by Gasteiger charge is -2.37. The van der Waals surface area contributed by atoms with Gasteiger partial charge in [0, 0.05) is 31.9 Å². The van der Waals surface area contributed by atoms with Crippen molar-refractivity contribution in [3.63, 3.8) is 0 Å². The summed E-state index contributed by atoms with van der Waals surface area (Å²) in [6, 6.07) is 21.3. The number of benzene rings is 3. The molecule has 0 N–H and O–H groups in total. The van der Waals surface area contributed by atoms with E-state index in [0.29, 0.717) is 21.2 Å². The fourth-order valence-corrected chi connectivity index (χ4v) is 5.53. The molecule has 5 rings (SSSR count). The normalized spacial score (nSPS) is 16.7. The average molecular weight is 436 g/mol. The summed E-state index contributed by atoms with van der Waals surface area (Å²) in [5, 5.41) is 0. The van der Waals surface area contributed by atoms with E-state index in [4.69, 9.17) is 0 Å². The maximum absolute atomic E-state index is 13.4. The van der Waals surface area contributed by atoms with Crippen LogP contribution >= 0.6 is 0 Å². The Morgan fingerprint density at radius 2 is 1.35 bits per heavy atom. The molecule has 2 heterocycles. The molecule has 0 atom stereocenters. The van der Waals surface area contributed by atoms with E-state index >= 15 is 0 Å². The van der Waals surface area contributed by atoms with E-state index in [0.717, 1.165) is 31.9 Å². The van der Waals surface area contributed by atoms with Gasteiger partial charge in [-0.25, -0.2) is 8.60 Å². The number of carbonyl (C=O) groups excluding carboxylic acids is 1. The van der Waals surface area contributed by atoms with Crippen LogP contribution in [-0.4, -0.2) is 47.7 Å². The highest BCUT2D eigenvalue weighted by Crippen LogP contribution is 2.41. The second kappa shape index (κ2) is 8.24. The first-order valence-electron chi connectivity index (χ1n) is 10.3. The number of halogens is 1. The highest BCUT2D eigenvalue weighted by molar-refractivity contribution is 7.85. The number of fused-ring (bicyclic) bond motifs is 2. The first-order valence-corrected chi connectivity index (χ1v) is 11.4. The minimum atomic E-state index is -1.30. The highest BCUT2D eigenvalue weighted by Gasteiger charge is 2.32. The number of anilines is 3. The van der Waals surface area contributed by atoms with Gasteiger partial charge in [-0.2, -0.15) is 0 Å². The van der Waals surface area contributed by atoms with Crippen LogP contribution < -0.4 is 9.80 Å². The molecule has 158 valence electrons. The Kier molecular flexibility index (Phi) is 5.29. The van der Waals surface area contributed by atoms with Gasteiger partial charge >= 0.3 is 0 Å². The van der Waals surface area contributed by atoms with Crippen LogP contribution in [0.5, 0.6) is 0 Å². The summed E-state index contributed by atoms with van der Waals surface area (Å²) in [6.45, 7) is 3.32. The Morgan fingerprint density at radius 1 is 0.806 bits per heavy atom. The summed E-state index contributed by atoms with van der Waals surface area (Å²) in [6.07, 6.45) is 0. The molecule has 0 radical (unpaired) electrons. The lowest BCUT2D eigenvalue weighted by Crippen LogP contribution is -2.50. The van der Waals surface area contributed by atoms with Crippen molar-refractivity contribution in [2.24, 2.45) is 0 Å². The van der Waals surface area contributed by atoms with Gasteiger partial charge in [0.1, 0.15) is 5.82 Å². The van der Waals surface area contributed by atoms with Crippen LogP contribution in [0, 0.1) is 5.82 Å². The second-order valence-corrected chi connectivity index (χ2v) is 9.09. The molecule has 0 saturated carbocycles. The molecule has 0 aromatic heterocycles. The zero-order valence-electron chi connectivity index (χ0n) is 16.9. The van der Waals surface area contributed by atoms with Crippen LogP contribution in [0.3, 0.4) is 0 Å². The van der Waals surface area contributed by atoms with Crippen LogP contribution in [0.1, 0.15) is 0 Å². The van der Waals surface area contributed by atoms with Gasteiger partial charge in [0.15, 0.2) is 0 Å². The molecule has 0 aliphatic carbocycles. The van der Waals surface area contributed by atoms with Crippen molar-refractivity contribution in [2.75, 3.05) is 42.5 Å². The number of hydrogen-bond donors (Lipinski definition) is 0. The quantitative estimate of drug-likeness (QED) is 0.628. The molecule has 1 saturated heterocycles. The topological polar surface area (TPSA) is 43.9 Å². The summed E-state index contributed by atoms with van der Waals surface area (Å²) < 4.78 is 26.2. The molecule has 1 fully saturated rings. The first-order chi connectivity index (χ1) is 15.1. The van der Waals surface area contributed by atoms with E-state index in [1.54, 1.807) is 17.0 Å². The van der Waals surface area contributed by atoms with Gasteiger partial charge in [0.2, 0.25) is 5.91 Å². The van der Waals surface area contributed by atoms with Gasteiger partial charge < -0.3 is 4.90 Å². The summed E-state index contributed by atoms with van der Waals surface area (Å²) in [5.41, 5.74) is 2.37. The molecule has 31 heavy (non-hydrogen) atoms. The molecule has 0 spiro atoms. The number of amides is 1. The molecular formula is C24H22FN3O2S. The van der Waals surface area contributed by atoms with Gasteiger partial charge in [-0.1, -0.05) is 24.3 Å². The fraction of sp³-hybridized carbons (Fsp3) is 0.208. The molecule has 1 amide bonds. The van der Waals surface area contributed by atoms with Gasteiger partial charge in [-0.05, 0) is 48.5 Å². The van der Waals surface area contributed by atoms with Crippen LogP contribution in [0.4, 0.5) is 21.5 Å². The fourth-order valence-electron chi connectivity index (χ4n) is 4.19. The minimum Gasteiger partial charge on any atom is -0.369 e. The maximum atomic E-state index is 13.4. The predicted molar refractivity (Wildman–Crippen MR) is 120 cm³/mol. The third-order valence-electron chi connectivity index (χ3n) is 5.78. The Hall–Kier alpha value is -3.03. The Bertz CT molecular complexity index is 1090. The van der Waals surface area contributed by atoms with Crippen molar-refractivity contribution >= 4 is 33.8 Å². The van der Waals surface area contributed by atoms with E-state index in [9.17, 15) is 13.4 Å². The number of nitrogens with zero attached hydrogens (tertiary/aromatic N) is 3. The van der Waals surface area contributed by atoms with Crippen molar-refractivity contribution in [1.82, 2.24) is 4.90 Å². The summed E-state index contributed by atoms with van der Waals surface area (Å²) in [4.78, 5) is 20.8. The van der Waals surface area contributed by atoms with Gasteiger partial charge in [0.25, 0.3) is 0 Å². The van der Waals surface area contributed by atoms with E-state index in [-0.39, 0.29) is 18.3 Å². The maximum Gasteiger partial charge on any atom is 0.245 e. The molecule has 3 aromatic carbocycles. The average Bonchev–Trinajstić information content (AvgIpc) is 2.80. The van der Waals surface area contributed by atoms with E-state index in [1.165, 1.54) is 12.1 Å². The van der Waals surface area contributed by atoms with Crippen molar-refractivity contribution in [3.05, 3.63) is 78.6 Å². The lowest BCUT2D eigenvalue weighted by molar-refractivity contribution is -0.119. The standard InChI is InChI=1S/C24H22FN3O2S/c25-18-9-11-19(12-10-18)27-15-13-26(14-16-27)17-24(29)28-20-5-1-3-7-22(20)31(30)23-8-4-2-6-21(23)28/h1-12H,13-17H2. The second-order valence-electron chi connectivity index (χ2n) is 7.67. The lowest BCUT2D eigenvalue weighted by atomic mass is 10.2. The molecule has 0 bridgehead atoms. The molecule has 3 aromatic rings. The summed E-state index contributed by atoms with van der Waals surface area (Å²) in [5.74, 6) is -0.275. The SMILES string of the molecule is O=C(CN1CCN(c2ccc(F)cc2)CC1)N1c2ccccc2S(=O)c2ccccc21. The van der Waals surface area contributed by atoms with Gasteiger partial charge in [-0.3, -0.25) is 14.6 Å². The van der Waals surface area contributed by atoms with Crippen LogP contribution in [0.15, 0.2) is 82.6 Å².